The lowest BCUT2D eigenvalue weighted by Gasteiger charge is -2.11. The van der Waals surface area contributed by atoms with Gasteiger partial charge in [-0.1, -0.05) is 24.2 Å². The molecule has 2 rings (SSSR count). The summed E-state index contributed by atoms with van der Waals surface area (Å²) in [5.41, 5.74) is 1.19. The third-order valence-corrected chi connectivity index (χ3v) is 4.94. The Bertz CT molecular complexity index is 743. The molecule has 1 atom stereocenters. The highest BCUT2D eigenvalue weighted by atomic mass is 32.2. The van der Waals surface area contributed by atoms with Gasteiger partial charge in [0.1, 0.15) is 6.10 Å². The van der Waals surface area contributed by atoms with Gasteiger partial charge in [0.05, 0.1) is 17.2 Å². The number of amides is 1. The van der Waals surface area contributed by atoms with Crippen molar-refractivity contribution < 1.29 is 18.0 Å². The van der Waals surface area contributed by atoms with Crippen molar-refractivity contribution in [2.75, 3.05) is 13.1 Å². The first-order valence-corrected chi connectivity index (χ1v) is 9.15. The lowest BCUT2D eigenvalue weighted by molar-refractivity contribution is 0.0890. The van der Waals surface area contributed by atoms with Gasteiger partial charge < -0.3 is 10.2 Å². The molecule has 1 aliphatic rings. The second-order valence-corrected chi connectivity index (χ2v) is 7.09. The Labute approximate surface area is 141 Å². The Morgan fingerprint density at radius 3 is 2.96 bits per heavy atom. The first-order chi connectivity index (χ1) is 11.5. The molecule has 0 aliphatic carbocycles. The molecule has 0 saturated heterocycles. The number of carbonyl (C=O) groups is 1. The van der Waals surface area contributed by atoms with Gasteiger partial charge in [0.15, 0.2) is 0 Å². The molecule has 1 unspecified atom stereocenters. The van der Waals surface area contributed by atoms with Crippen molar-refractivity contribution in [3.8, 4) is 0 Å². The molecule has 130 valence electrons. The average molecular weight is 351 g/mol. The lowest BCUT2D eigenvalue weighted by Crippen LogP contribution is -2.32. The second-order valence-electron chi connectivity index (χ2n) is 5.32. The summed E-state index contributed by atoms with van der Waals surface area (Å²) in [5.74, 6) is -0.355. The maximum atomic E-state index is 12.4. The molecule has 1 aromatic carbocycles. The smallest absolute Gasteiger partial charge is 0.251 e. The standard InChI is InChI=1S/C16H21N3O4S/c1-3-8-17-16(20)12-6-5-7-15(9-12)24(21,22)18-11-14-10-13(4-2)19-23-14/h3,5-7,9,14,18H,1,4,8,10-11H2,2H3,(H,17,20). The van der Waals surface area contributed by atoms with Gasteiger partial charge in [-0.3, -0.25) is 4.79 Å². The van der Waals surface area contributed by atoms with Crippen molar-refractivity contribution >= 4 is 21.6 Å². The van der Waals surface area contributed by atoms with E-state index in [2.05, 4.69) is 21.8 Å². The van der Waals surface area contributed by atoms with Gasteiger partial charge in [-0.15, -0.1) is 6.58 Å². The van der Waals surface area contributed by atoms with Crippen molar-refractivity contribution in [1.82, 2.24) is 10.0 Å². The lowest BCUT2D eigenvalue weighted by atomic mass is 10.1. The summed E-state index contributed by atoms with van der Waals surface area (Å²) in [6, 6.07) is 5.86. The van der Waals surface area contributed by atoms with Gasteiger partial charge in [0.25, 0.3) is 5.91 Å². The Kier molecular flexibility index (Phi) is 6.10. The SMILES string of the molecule is C=CCNC(=O)c1cccc(S(=O)(=O)NCC2CC(CC)=NO2)c1. The van der Waals surface area contributed by atoms with Gasteiger partial charge >= 0.3 is 0 Å². The number of rotatable bonds is 8. The van der Waals surface area contributed by atoms with Crippen LogP contribution in [0.1, 0.15) is 30.1 Å². The zero-order valence-electron chi connectivity index (χ0n) is 13.5. The monoisotopic (exact) mass is 351 g/mol. The van der Waals surface area contributed by atoms with E-state index in [0.29, 0.717) is 13.0 Å². The molecule has 2 N–H and O–H groups in total. The Morgan fingerprint density at radius 2 is 2.29 bits per heavy atom. The van der Waals surface area contributed by atoms with E-state index in [1.54, 1.807) is 12.1 Å². The molecule has 7 nitrogen and oxygen atoms in total. The number of hydrogen-bond acceptors (Lipinski definition) is 5. The average Bonchev–Trinajstić information content (AvgIpc) is 3.06. The maximum Gasteiger partial charge on any atom is 0.251 e. The van der Waals surface area contributed by atoms with Gasteiger partial charge in [-0.2, -0.15) is 0 Å². The zero-order chi connectivity index (χ0) is 17.6. The van der Waals surface area contributed by atoms with E-state index >= 15 is 0 Å². The highest BCUT2D eigenvalue weighted by Gasteiger charge is 2.23. The van der Waals surface area contributed by atoms with Crippen LogP contribution in [0.2, 0.25) is 0 Å². The summed E-state index contributed by atoms with van der Waals surface area (Å²) in [7, 11) is -3.73. The van der Waals surface area contributed by atoms with E-state index in [-0.39, 0.29) is 29.0 Å². The predicted molar refractivity (Wildman–Crippen MR) is 91.4 cm³/mol. The minimum atomic E-state index is -3.73. The Hall–Kier alpha value is -2.19. The van der Waals surface area contributed by atoms with Crippen molar-refractivity contribution in [1.29, 1.82) is 0 Å². The fourth-order valence-corrected chi connectivity index (χ4v) is 3.27. The molecule has 0 spiro atoms. The van der Waals surface area contributed by atoms with Crippen LogP contribution in [0.15, 0.2) is 47.0 Å². The number of nitrogens with zero attached hydrogens (tertiary/aromatic N) is 1. The number of nitrogens with one attached hydrogen (secondary N) is 2. The molecule has 0 aromatic heterocycles. The van der Waals surface area contributed by atoms with Gasteiger partial charge in [0.2, 0.25) is 10.0 Å². The number of benzene rings is 1. The Balaban J connectivity index is 2.01. The molecule has 24 heavy (non-hydrogen) atoms. The molecule has 8 heteroatoms. The van der Waals surface area contributed by atoms with Crippen molar-refractivity contribution in [3.63, 3.8) is 0 Å². The van der Waals surface area contributed by atoms with Crippen LogP contribution in [0.25, 0.3) is 0 Å². The molecule has 1 aliphatic heterocycles. The van der Waals surface area contributed by atoms with E-state index in [1.165, 1.54) is 18.2 Å². The number of sulfonamides is 1. The third-order valence-electron chi connectivity index (χ3n) is 3.52. The van der Waals surface area contributed by atoms with Crippen molar-refractivity contribution in [2.45, 2.75) is 30.8 Å². The maximum absolute atomic E-state index is 12.4. The van der Waals surface area contributed by atoms with Crippen LogP contribution in [0.3, 0.4) is 0 Å². The van der Waals surface area contributed by atoms with Crippen LogP contribution in [0, 0.1) is 0 Å². The summed E-state index contributed by atoms with van der Waals surface area (Å²) < 4.78 is 27.3. The molecule has 0 bridgehead atoms. The zero-order valence-corrected chi connectivity index (χ0v) is 14.3. The predicted octanol–water partition coefficient (Wildman–Crippen LogP) is 1.44. The summed E-state index contributed by atoms with van der Waals surface area (Å²) in [6.45, 7) is 5.92. The molecule has 1 amide bonds. The van der Waals surface area contributed by atoms with Crippen LogP contribution >= 0.6 is 0 Å². The normalized spacial score (nSPS) is 17.0. The molecule has 0 radical (unpaired) electrons. The summed E-state index contributed by atoms with van der Waals surface area (Å²) >= 11 is 0. The third kappa shape index (κ3) is 4.65. The van der Waals surface area contributed by atoms with Crippen molar-refractivity contribution in [2.24, 2.45) is 5.16 Å². The highest BCUT2D eigenvalue weighted by molar-refractivity contribution is 7.89. The van der Waals surface area contributed by atoms with E-state index in [1.807, 2.05) is 6.92 Å². The molecular formula is C16H21N3O4S. The van der Waals surface area contributed by atoms with E-state index in [9.17, 15) is 13.2 Å². The first-order valence-electron chi connectivity index (χ1n) is 7.66. The first kappa shape index (κ1) is 18.2. The fraction of sp³-hybridized carbons (Fsp3) is 0.375. The topological polar surface area (TPSA) is 96.9 Å². The second kappa shape index (κ2) is 8.07. The van der Waals surface area contributed by atoms with E-state index < -0.39 is 10.0 Å². The quantitative estimate of drug-likeness (QED) is 0.693. The van der Waals surface area contributed by atoms with E-state index in [4.69, 9.17) is 4.84 Å². The molecule has 1 aromatic rings. The molecule has 1 heterocycles. The molecule has 0 saturated carbocycles. The molecular weight excluding hydrogens is 330 g/mol. The van der Waals surface area contributed by atoms with E-state index in [0.717, 1.165) is 12.1 Å². The highest BCUT2D eigenvalue weighted by Crippen LogP contribution is 2.15. The largest absolute Gasteiger partial charge is 0.391 e. The van der Waals surface area contributed by atoms with Crippen molar-refractivity contribution in [3.05, 3.63) is 42.5 Å². The van der Waals surface area contributed by atoms with Gasteiger partial charge in [-0.25, -0.2) is 13.1 Å². The van der Waals surface area contributed by atoms with Gasteiger partial charge in [0, 0.05) is 18.5 Å². The van der Waals surface area contributed by atoms with Crippen LogP contribution in [0.4, 0.5) is 0 Å². The van der Waals surface area contributed by atoms with Crippen LogP contribution in [-0.2, 0) is 14.9 Å². The van der Waals surface area contributed by atoms with Crippen LogP contribution in [0.5, 0.6) is 0 Å². The number of carbonyl (C=O) groups excluding carboxylic acids is 1. The van der Waals surface area contributed by atoms with Gasteiger partial charge in [-0.05, 0) is 24.6 Å². The minimum absolute atomic E-state index is 0.0309. The minimum Gasteiger partial charge on any atom is -0.391 e. The Morgan fingerprint density at radius 1 is 1.50 bits per heavy atom. The number of hydrogen-bond donors (Lipinski definition) is 2. The summed E-state index contributed by atoms with van der Waals surface area (Å²) in [4.78, 5) is 17.1. The summed E-state index contributed by atoms with van der Waals surface area (Å²) in [6.07, 6.45) is 2.65. The van der Waals surface area contributed by atoms with Crippen LogP contribution in [-0.4, -0.2) is 39.2 Å². The molecule has 0 fully saturated rings. The van der Waals surface area contributed by atoms with Crippen LogP contribution < -0.4 is 10.0 Å². The fourth-order valence-electron chi connectivity index (χ4n) is 2.16. The summed E-state index contributed by atoms with van der Waals surface area (Å²) in [5, 5.41) is 6.50. The number of oxime groups is 1.